The first-order chi connectivity index (χ1) is 11.5. The van der Waals surface area contributed by atoms with E-state index in [-0.39, 0.29) is 30.3 Å². The van der Waals surface area contributed by atoms with E-state index in [9.17, 15) is 14.0 Å². The normalized spacial score (nSPS) is 14.3. The van der Waals surface area contributed by atoms with Crippen molar-refractivity contribution in [2.75, 3.05) is 10.3 Å². The van der Waals surface area contributed by atoms with E-state index in [4.69, 9.17) is 0 Å². The molecule has 2 amide bonds. The zero-order chi connectivity index (χ0) is 17.1. The molecular weight excluding hydrogens is 309 g/mol. The lowest BCUT2D eigenvalue weighted by Gasteiger charge is -2.23. The van der Waals surface area contributed by atoms with Gasteiger partial charge in [-0.25, -0.2) is 9.40 Å². The van der Waals surface area contributed by atoms with Gasteiger partial charge in [0.2, 0.25) is 5.91 Å². The standard InChI is InChI=1S/C18H16FN3O2/c1-12-11-13(19)7-8-15(12)20-18(24)16-9-10-17(23)22(21-16)14-5-3-2-4-6-14/h2-8,11H,9-10H2,1H3,(H,20,24). The number of amides is 2. The summed E-state index contributed by atoms with van der Waals surface area (Å²) in [7, 11) is 0. The quantitative estimate of drug-likeness (QED) is 0.941. The topological polar surface area (TPSA) is 61.8 Å². The molecule has 0 atom stereocenters. The molecule has 2 aromatic rings. The molecule has 0 saturated heterocycles. The highest BCUT2D eigenvalue weighted by Gasteiger charge is 2.25. The van der Waals surface area contributed by atoms with Crippen LogP contribution in [0.3, 0.4) is 0 Å². The summed E-state index contributed by atoms with van der Waals surface area (Å²) in [6.45, 7) is 1.71. The maximum Gasteiger partial charge on any atom is 0.271 e. The van der Waals surface area contributed by atoms with E-state index in [1.165, 1.54) is 23.2 Å². The van der Waals surface area contributed by atoms with Crippen molar-refractivity contribution in [2.24, 2.45) is 5.10 Å². The van der Waals surface area contributed by atoms with Crippen molar-refractivity contribution >= 4 is 28.9 Å². The second-order valence-corrected chi connectivity index (χ2v) is 5.50. The molecule has 0 spiro atoms. The second kappa shape index (κ2) is 6.62. The third kappa shape index (κ3) is 3.32. The number of carbonyl (C=O) groups is 2. The minimum Gasteiger partial charge on any atom is -0.321 e. The Morgan fingerprint density at radius 3 is 2.62 bits per heavy atom. The van der Waals surface area contributed by atoms with Crippen LogP contribution in [0, 0.1) is 12.7 Å². The van der Waals surface area contributed by atoms with Crippen LogP contribution in [-0.2, 0) is 9.59 Å². The number of benzene rings is 2. The maximum atomic E-state index is 13.1. The Labute approximate surface area is 138 Å². The lowest BCUT2D eigenvalue weighted by atomic mass is 10.1. The van der Waals surface area contributed by atoms with Crippen LogP contribution >= 0.6 is 0 Å². The number of hydrogen-bond acceptors (Lipinski definition) is 3. The van der Waals surface area contributed by atoms with E-state index in [1.807, 2.05) is 6.07 Å². The summed E-state index contributed by atoms with van der Waals surface area (Å²) in [4.78, 5) is 24.5. The highest BCUT2D eigenvalue weighted by atomic mass is 19.1. The summed E-state index contributed by atoms with van der Waals surface area (Å²) in [5.41, 5.74) is 2.02. The molecular formula is C18H16FN3O2. The Morgan fingerprint density at radius 1 is 1.17 bits per heavy atom. The van der Waals surface area contributed by atoms with Gasteiger partial charge >= 0.3 is 0 Å². The molecule has 1 aliphatic heterocycles. The third-order valence-corrected chi connectivity index (χ3v) is 3.73. The molecule has 0 radical (unpaired) electrons. The summed E-state index contributed by atoms with van der Waals surface area (Å²) in [6, 6.07) is 13.1. The highest BCUT2D eigenvalue weighted by Crippen LogP contribution is 2.21. The summed E-state index contributed by atoms with van der Waals surface area (Å²) in [5, 5.41) is 8.16. The van der Waals surface area contributed by atoms with Gasteiger partial charge in [0.05, 0.1) is 5.69 Å². The summed E-state index contributed by atoms with van der Waals surface area (Å²) in [6.07, 6.45) is 0.484. The molecule has 0 bridgehead atoms. The Bertz CT molecular complexity index is 818. The van der Waals surface area contributed by atoms with Crippen molar-refractivity contribution in [1.29, 1.82) is 0 Å². The molecule has 5 nitrogen and oxygen atoms in total. The van der Waals surface area contributed by atoms with E-state index in [0.717, 1.165) is 0 Å². The molecule has 1 aliphatic rings. The van der Waals surface area contributed by atoms with E-state index in [2.05, 4.69) is 10.4 Å². The highest BCUT2D eigenvalue weighted by molar-refractivity contribution is 6.44. The smallest absolute Gasteiger partial charge is 0.271 e. The number of anilines is 2. The van der Waals surface area contributed by atoms with Gasteiger partial charge in [0.15, 0.2) is 0 Å². The molecule has 1 N–H and O–H groups in total. The van der Waals surface area contributed by atoms with Crippen LogP contribution in [0.1, 0.15) is 18.4 Å². The molecule has 6 heteroatoms. The Morgan fingerprint density at radius 2 is 1.92 bits per heavy atom. The average Bonchev–Trinajstić information content (AvgIpc) is 2.58. The van der Waals surface area contributed by atoms with Gasteiger partial charge in [-0.2, -0.15) is 5.10 Å². The lowest BCUT2D eigenvalue weighted by Crippen LogP contribution is -2.36. The number of hydrazone groups is 1. The van der Waals surface area contributed by atoms with E-state index in [1.54, 1.807) is 31.2 Å². The maximum absolute atomic E-state index is 13.1. The van der Waals surface area contributed by atoms with Crippen LogP contribution in [0.5, 0.6) is 0 Å². The van der Waals surface area contributed by atoms with Crippen molar-refractivity contribution < 1.29 is 14.0 Å². The fourth-order valence-corrected chi connectivity index (χ4v) is 2.45. The van der Waals surface area contributed by atoms with E-state index >= 15 is 0 Å². The van der Waals surface area contributed by atoms with Gasteiger partial charge in [-0.1, -0.05) is 18.2 Å². The lowest BCUT2D eigenvalue weighted by molar-refractivity contribution is -0.118. The number of rotatable bonds is 3. The first-order valence-corrected chi connectivity index (χ1v) is 7.57. The number of hydrogen-bond donors (Lipinski definition) is 1. The summed E-state index contributed by atoms with van der Waals surface area (Å²) >= 11 is 0. The Kier molecular flexibility index (Phi) is 4.37. The van der Waals surface area contributed by atoms with Crippen molar-refractivity contribution in [1.82, 2.24) is 0 Å². The van der Waals surface area contributed by atoms with Gasteiger partial charge in [0.25, 0.3) is 5.91 Å². The van der Waals surface area contributed by atoms with Gasteiger partial charge in [-0.15, -0.1) is 0 Å². The molecule has 0 aliphatic carbocycles. The number of carbonyl (C=O) groups excluding carboxylic acids is 2. The van der Waals surface area contributed by atoms with Gasteiger partial charge in [-0.05, 0) is 42.8 Å². The first-order valence-electron chi connectivity index (χ1n) is 7.57. The molecule has 0 saturated carbocycles. The van der Waals surface area contributed by atoms with Crippen LogP contribution in [0.2, 0.25) is 0 Å². The zero-order valence-electron chi connectivity index (χ0n) is 13.1. The van der Waals surface area contributed by atoms with Crippen LogP contribution in [0.25, 0.3) is 0 Å². The molecule has 3 rings (SSSR count). The average molecular weight is 325 g/mol. The van der Waals surface area contributed by atoms with Gasteiger partial charge in [0.1, 0.15) is 11.5 Å². The summed E-state index contributed by atoms with van der Waals surface area (Å²) in [5.74, 6) is -0.907. The van der Waals surface area contributed by atoms with Gasteiger partial charge in [-0.3, -0.25) is 9.59 Å². The third-order valence-electron chi connectivity index (χ3n) is 3.73. The molecule has 1 heterocycles. The molecule has 24 heavy (non-hydrogen) atoms. The van der Waals surface area contributed by atoms with E-state index < -0.39 is 5.91 Å². The largest absolute Gasteiger partial charge is 0.321 e. The SMILES string of the molecule is Cc1cc(F)ccc1NC(=O)C1=NN(c2ccccc2)C(=O)CC1. The number of para-hydroxylation sites is 1. The Hall–Kier alpha value is -3.02. The predicted molar refractivity (Wildman–Crippen MR) is 90.4 cm³/mol. The fourth-order valence-electron chi connectivity index (χ4n) is 2.45. The zero-order valence-corrected chi connectivity index (χ0v) is 13.1. The van der Waals surface area contributed by atoms with Crippen LogP contribution in [0.4, 0.5) is 15.8 Å². The minimum atomic E-state index is -0.391. The number of nitrogens with one attached hydrogen (secondary N) is 1. The van der Waals surface area contributed by atoms with Crippen LogP contribution in [0.15, 0.2) is 53.6 Å². The fraction of sp³-hybridized carbons (Fsp3) is 0.167. The van der Waals surface area contributed by atoms with Crippen molar-refractivity contribution in [3.05, 3.63) is 59.9 Å². The number of nitrogens with zero attached hydrogens (tertiary/aromatic N) is 2. The second-order valence-electron chi connectivity index (χ2n) is 5.50. The molecule has 122 valence electrons. The van der Waals surface area contributed by atoms with Crippen LogP contribution in [-0.4, -0.2) is 17.5 Å². The van der Waals surface area contributed by atoms with Crippen molar-refractivity contribution in [3.63, 3.8) is 0 Å². The van der Waals surface area contributed by atoms with Gasteiger partial charge < -0.3 is 5.32 Å². The molecule has 0 unspecified atom stereocenters. The van der Waals surface area contributed by atoms with Crippen molar-refractivity contribution in [3.8, 4) is 0 Å². The molecule has 0 aromatic heterocycles. The van der Waals surface area contributed by atoms with Gasteiger partial charge in [0, 0.05) is 18.5 Å². The molecule has 2 aromatic carbocycles. The monoisotopic (exact) mass is 325 g/mol. The van der Waals surface area contributed by atoms with E-state index in [0.29, 0.717) is 16.9 Å². The molecule has 0 fully saturated rings. The number of aryl methyl sites for hydroxylation is 1. The van der Waals surface area contributed by atoms with Crippen molar-refractivity contribution in [2.45, 2.75) is 19.8 Å². The minimum absolute atomic E-state index is 0.157. The number of halogens is 1. The summed E-state index contributed by atoms with van der Waals surface area (Å²) < 4.78 is 13.1. The first kappa shape index (κ1) is 15.9. The van der Waals surface area contributed by atoms with Crippen LogP contribution < -0.4 is 10.3 Å². The Balaban J connectivity index is 1.82. The predicted octanol–water partition coefficient (Wildman–Crippen LogP) is 3.26.